The average Bonchev–Trinajstić information content (AvgIpc) is 2.47. The second-order valence-corrected chi connectivity index (χ2v) is 4.84. The second kappa shape index (κ2) is 4.90. The van der Waals surface area contributed by atoms with E-state index in [-0.39, 0.29) is 6.10 Å². The Bertz CT molecular complexity index is 232. The second-order valence-electron chi connectivity index (χ2n) is 2.73. The van der Waals surface area contributed by atoms with Gasteiger partial charge in [-0.25, -0.2) is 0 Å². The van der Waals surface area contributed by atoms with Crippen LogP contribution in [0.15, 0.2) is 11.4 Å². The summed E-state index contributed by atoms with van der Waals surface area (Å²) in [6.45, 7) is 2.06. The Labute approximate surface area is 81.8 Å². The maximum Gasteiger partial charge on any atom is 0.0808 e. The van der Waals surface area contributed by atoms with Crippen LogP contribution in [-0.2, 0) is 0 Å². The van der Waals surface area contributed by atoms with Crippen LogP contribution in [0.4, 0.5) is 0 Å². The highest BCUT2D eigenvalue weighted by Crippen LogP contribution is 2.25. The molecule has 0 spiro atoms. The summed E-state index contributed by atoms with van der Waals surface area (Å²) in [4.78, 5) is 1.24. The monoisotopic (exact) mass is 202 g/mol. The summed E-state index contributed by atoms with van der Waals surface area (Å²) >= 11 is 3.48. The minimum absolute atomic E-state index is 0.260. The lowest BCUT2D eigenvalue weighted by Crippen LogP contribution is -1.98. The molecule has 12 heavy (non-hydrogen) atoms. The molecule has 0 aromatic carbocycles. The highest BCUT2D eigenvalue weighted by molar-refractivity contribution is 7.98. The van der Waals surface area contributed by atoms with E-state index in [4.69, 9.17) is 0 Å². The van der Waals surface area contributed by atoms with E-state index in [1.807, 2.05) is 11.4 Å². The van der Waals surface area contributed by atoms with Gasteiger partial charge < -0.3 is 5.11 Å². The molecule has 0 amide bonds. The first kappa shape index (κ1) is 10.1. The highest BCUT2D eigenvalue weighted by Gasteiger charge is 2.09. The molecule has 0 aliphatic rings. The van der Waals surface area contributed by atoms with Crippen molar-refractivity contribution in [2.24, 2.45) is 0 Å². The lowest BCUT2D eigenvalue weighted by molar-refractivity contribution is 0.175. The van der Waals surface area contributed by atoms with E-state index in [0.717, 1.165) is 17.7 Å². The van der Waals surface area contributed by atoms with Crippen LogP contribution in [-0.4, -0.2) is 17.1 Å². The van der Waals surface area contributed by atoms with Gasteiger partial charge in [0.25, 0.3) is 0 Å². The van der Waals surface area contributed by atoms with Crippen molar-refractivity contribution in [2.45, 2.75) is 19.4 Å². The summed E-state index contributed by atoms with van der Waals surface area (Å²) in [5, 5.41) is 11.7. The fraction of sp³-hybridized carbons (Fsp3) is 0.556. The maximum absolute atomic E-state index is 9.71. The van der Waals surface area contributed by atoms with E-state index >= 15 is 0 Å². The van der Waals surface area contributed by atoms with Gasteiger partial charge in [0.2, 0.25) is 0 Å². The molecule has 1 aromatic heterocycles. The lowest BCUT2D eigenvalue weighted by atomic mass is 10.1. The summed E-state index contributed by atoms with van der Waals surface area (Å²) in [6, 6.07) is 2.02. The Morgan fingerprint density at radius 1 is 1.67 bits per heavy atom. The SMILES string of the molecule is CSCCC(O)c1ccsc1C. The normalized spacial score (nSPS) is 13.2. The standard InChI is InChI=1S/C9H14OS2/c1-7-8(3-6-12-7)9(10)4-5-11-2/h3,6,9-10H,4-5H2,1-2H3. The quantitative estimate of drug-likeness (QED) is 0.810. The molecule has 1 atom stereocenters. The van der Waals surface area contributed by atoms with Gasteiger partial charge in [-0.2, -0.15) is 11.8 Å². The number of hydrogen-bond donors (Lipinski definition) is 1. The Hall–Kier alpha value is 0.01000. The van der Waals surface area contributed by atoms with Gasteiger partial charge in [-0.15, -0.1) is 11.3 Å². The zero-order chi connectivity index (χ0) is 8.97. The third-order valence-electron chi connectivity index (χ3n) is 1.85. The molecule has 0 saturated heterocycles. The van der Waals surface area contributed by atoms with Crippen molar-refractivity contribution in [2.75, 3.05) is 12.0 Å². The minimum Gasteiger partial charge on any atom is -0.388 e. The summed E-state index contributed by atoms with van der Waals surface area (Å²) in [5.74, 6) is 1.02. The van der Waals surface area contributed by atoms with E-state index < -0.39 is 0 Å². The third kappa shape index (κ3) is 2.51. The molecule has 1 N–H and O–H groups in total. The molecule has 0 saturated carbocycles. The van der Waals surface area contributed by atoms with E-state index in [2.05, 4.69) is 13.2 Å². The van der Waals surface area contributed by atoms with E-state index in [1.54, 1.807) is 23.1 Å². The fourth-order valence-electron chi connectivity index (χ4n) is 1.13. The minimum atomic E-state index is -0.260. The van der Waals surface area contributed by atoms with Gasteiger partial charge in [0, 0.05) is 4.88 Å². The first-order valence-corrected chi connectivity index (χ1v) is 6.24. The van der Waals surface area contributed by atoms with Crippen LogP contribution in [0.1, 0.15) is 23.0 Å². The van der Waals surface area contributed by atoms with Crippen molar-refractivity contribution in [3.05, 3.63) is 21.9 Å². The zero-order valence-electron chi connectivity index (χ0n) is 7.41. The summed E-state index contributed by atoms with van der Waals surface area (Å²) < 4.78 is 0. The van der Waals surface area contributed by atoms with Crippen LogP contribution < -0.4 is 0 Å². The molecular formula is C9H14OS2. The third-order valence-corrected chi connectivity index (χ3v) is 3.36. The number of thioether (sulfide) groups is 1. The molecule has 0 bridgehead atoms. The maximum atomic E-state index is 9.71. The van der Waals surface area contributed by atoms with Crippen molar-refractivity contribution in [1.29, 1.82) is 0 Å². The summed E-state index contributed by atoms with van der Waals surface area (Å²) in [5.41, 5.74) is 1.11. The van der Waals surface area contributed by atoms with Crippen molar-refractivity contribution in [1.82, 2.24) is 0 Å². The van der Waals surface area contributed by atoms with Gasteiger partial charge >= 0.3 is 0 Å². The van der Waals surface area contributed by atoms with Crippen LogP contribution in [0.5, 0.6) is 0 Å². The number of rotatable bonds is 4. The van der Waals surface area contributed by atoms with Gasteiger partial charge in [0.1, 0.15) is 0 Å². The molecule has 0 fully saturated rings. The number of hydrogen-bond acceptors (Lipinski definition) is 3. The topological polar surface area (TPSA) is 20.2 Å². The van der Waals surface area contributed by atoms with E-state index in [1.165, 1.54) is 4.88 Å². The predicted molar refractivity (Wildman–Crippen MR) is 57.0 cm³/mol. The number of thiophene rings is 1. The molecule has 68 valence electrons. The Morgan fingerprint density at radius 3 is 2.92 bits per heavy atom. The molecule has 1 rings (SSSR count). The molecule has 1 aromatic rings. The highest BCUT2D eigenvalue weighted by atomic mass is 32.2. The van der Waals surface area contributed by atoms with E-state index in [9.17, 15) is 5.11 Å². The fourth-order valence-corrected chi connectivity index (χ4v) is 2.34. The van der Waals surface area contributed by atoms with Crippen LogP contribution >= 0.6 is 23.1 Å². The molecule has 0 radical (unpaired) electrons. The van der Waals surface area contributed by atoms with Crippen molar-refractivity contribution in [3.8, 4) is 0 Å². The zero-order valence-corrected chi connectivity index (χ0v) is 9.04. The molecular weight excluding hydrogens is 188 g/mol. The Kier molecular flexibility index (Phi) is 4.12. The van der Waals surface area contributed by atoms with Gasteiger partial charge in [-0.05, 0) is 42.4 Å². The largest absolute Gasteiger partial charge is 0.388 e. The van der Waals surface area contributed by atoms with Crippen molar-refractivity contribution in [3.63, 3.8) is 0 Å². The van der Waals surface area contributed by atoms with Crippen LogP contribution in [0.3, 0.4) is 0 Å². The van der Waals surface area contributed by atoms with Gasteiger partial charge in [0.15, 0.2) is 0 Å². The van der Waals surface area contributed by atoms with Crippen LogP contribution in [0.25, 0.3) is 0 Å². The smallest absolute Gasteiger partial charge is 0.0808 e. The molecule has 1 nitrogen and oxygen atoms in total. The molecule has 1 unspecified atom stereocenters. The summed E-state index contributed by atoms with van der Waals surface area (Å²) in [7, 11) is 0. The summed E-state index contributed by atoms with van der Waals surface area (Å²) in [6.07, 6.45) is 2.66. The van der Waals surface area contributed by atoms with Gasteiger partial charge in [-0.1, -0.05) is 0 Å². The van der Waals surface area contributed by atoms with Crippen molar-refractivity contribution >= 4 is 23.1 Å². The number of aryl methyl sites for hydroxylation is 1. The molecule has 0 aliphatic heterocycles. The van der Waals surface area contributed by atoms with Gasteiger partial charge in [-0.3, -0.25) is 0 Å². The Morgan fingerprint density at radius 2 is 2.42 bits per heavy atom. The first-order valence-electron chi connectivity index (χ1n) is 3.96. The average molecular weight is 202 g/mol. The van der Waals surface area contributed by atoms with E-state index in [0.29, 0.717) is 0 Å². The van der Waals surface area contributed by atoms with Gasteiger partial charge in [0.05, 0.1) is 6.10 Å². The first-order chi connectivity index (χ1) is 5.75. The van der Waals surface area contributed by atoms with Crippen molar-refractivity contribution < 1.29 is 5.11 Å². The number of aliphatic hydroxyl groups excluding tert-OH is 1. The lowest BCUT2D eigenvalue weighted by Gasteiger charge is -2.08. The molecule has 1 heterocycles. The predicted octanol–water partition coefficient (Wildman–Crippen LogP) is 2.84. The molecule has 0 aliphatic carbocycles. The Balaban J connectivity index is 2.52. The van der Waals surface area contributed by atoms with Crippen LogP contribution in [0, 0.1) is 6.92 Å². The number of aliphatic hydroxyl groups is 1. The molecule has 3 heteroatoms. The van der Waals surface area contributed by atoms with Crippen LogP contribution in [0.2, 0.25) is 0 Å².